The number of nitrogens with one attached hydrogen (secondary N) is 1. The van der Waals surface area contributed by atoms with E-state index < -0.39 is 0 Å². The highest BCUT2D eigenvalue weighted by Crippen LogP contribution is 2.28. The number of para-hydroxylation sites is 1. The summed E-state index contributed by atoms with van der Waals surface area (Å²) in [5, 5.41) is 3.62. The van der Waals surface area contributed by atoms with Gasteiger partial charge in [0.15, 0.2) is 0 Å². The Kier molecular flexibility index (Phi) is 4.07. The summed E-state index contributed by atoms with van der Waals surface area (Å²) in [7, 11) is 0. The van der Waals surface area contributed by atoms with E-state index in [1.165, 1.54) is 56.3 Å². The Morgan fingerprint density at radius 1 is 1.11 bits per heavy atom. The Balaban J connectivity index is 1.71. The molecular formula is C17H26N2. The molecule has 1 aromatic rings. The lowest BCUT2D eigenvalue weighted by molar-refractivity contribution is 0.114. The van der Waals surface area contributed by atoms with Gasteiger partial charge in [0.1, 0.15) is 0 Å². The zero-order valence-electron chi connectivity index (χ0n) is 12.1. The molecule has 1 atom stereocenters. The van der Waals surface area contributed by atoms with Gasteiger partial charge in [0, 0.05) is 24.3 Å². The zero-order valence-corrected chi connectivity index (χ0v) is 12.1. The lowest BCUT2D eigenvalue weighted by atomic mass is 9.91. The zero-order chi connectivity index (χ0) is 13.1. The summed E-state index contributed by atoms with van der Waals surface area (Å²) in [5.41, 5.74) is 2.84. The third kappa shape index (κ3) is 2.79. The molecule has 2 aliphatic rings. The predicted octanol–water partition coefficient (Wildman–Crippen LogP) is 3.68. The number of benzene rings is 1. The third-order valence-corrected chi connectivity index (χ3v) is 4.88. The summed E-state index contributed by atoms with van der Waals surface area (Å²) < 4.78 is 0. The van der Waals surface area contributed by atoms with Crippen LogP contribution in [0.5, 0.6) is 0 Å². The van der Waals surface area contributed by atoms with Crippen LogP contribution in [0.25, 0.3) is 0 Å². The summed E-state index contributed by atoms with van der Waals surface area (Å²) in [5.74, 6) is 0. The van der Waals surface area contributed by atoms with Crippen LogP contribution in [0.3, 0.4) is 0 Å². The van der Waals surface area contributed by atoms with Crippen molar-refractivity contribution in [2.75, 3.05) is 18.4 Å². The van der Waals surface area contributed by atoms with E-state index in [2.05, 4.69) is 41.4 Å². The molecule has 104 valence electrons. The van der Waals surface area contributed by atoms with Crippen LogP contribution >= 0.6 is 0 Å². The lowest BCUT2D eigenvalue weighted by Crippen LogP contribution is -2.49. The number of anilines is 1. The molecule has 0 amide bonds. The maximum atomic E-state index is 3.62. The number of likely N-dealkylation sites (N-methyl/N-ethyl adjacent to an activating group) is 1. The monoisotopic (exact) mass is 258 g/mol. The van der Waals surface area contributed by atoms with Crippen LogP contribution in [0.15, 0.2) is 24.3 Å². The average molecular weight is 258 g/mol. The molecule has 1 saturated carbocycles. The van der Waals surface area contributed by atoms with Crippen molar-refractivity contribution < 1.29 is 0 Å². The van der Waals surface area contributed by atoms with Crippen LogP contribution in [0, 0.1) is 0 Å². The van der Waals surface area contributed by atoms with Gasteiger partial charge in [0.2, 0.25) is 0 Å². The molecular weight excluding hydrogens is 232 g/mol. The largest absolute Gasteiger partial charge is 0.383 e. The first kappa shape index (κ1) is 13.0. The second-order valence-corrected chi connectivity index (χ2v) is 6.02. The van der Waals surface area contributed by atoms with E-state index >= 15 is 0 Å². The van der Waals surface area contributed by atoms with Crippen molar-refractivity contribution >= 4 is 5.69 Å². The molecule has 1 fully saturated rings. The van der Waals surface area contributed by atoms with Gasteiger partial charge in [-0.2, -0.15) is 0 Å². The molecule has 1 aromatic carbocycles. The van der Waals surface area contributed by atoms with Crippen molar-refractivity contribution in [1.29, 1.82) is 0 Å². The van der Waals surface area contributed by atoms with Crippen molar-refractivity contribution in [1.82, 2.24) is 4.90 Å². The molecule has 2 heteroatoms. The van der Waals surface area contributed by atoms with Crippen molar-refractivity contribution in [3.05, 3.63) is 29.8 Å². The fraction of sp³-hybridized carbons (Fsp3) is 0.647. The van der Waals surface area contributed by atoms with Crippen molar-refractivity contribution in [2.24, 2.45) is 0 Å². The maximum absolute atomic E-state index is 3.62. The Labute approximate surface area is 117 Å². The summed E-state index contributed by atoms with van der Waals surface area (Å²) in [6.07, 6.45) is 8.33. The van der Waals surface area contributed by atoms with Crippen LogP contribution in [0.2, 0.25) is 0 Å². The Morgan fingerprint density at radius 2 is 1.89 bits per heavy atom. The Bertz CT molecular complexity index is 409. The fourth-order valence-electron chi connectivity index (χ4n) is 3.89. The number of fused-ring (bicyclic) bond motifs is 1. The molecule has 0 saturated heterocycles. The van der Waals surface area contributed by atoms with Gasteiger partial charge >= 0.3 is 0 Å². The van der Waals surface area contributed by atoms with E-state index in [0.29, 0.717) is 6.04 Å². The highest BCUT2D eigenvalue weighted by Gasteiger charge is 2.28. The molecule has 0 bridgehead atoms. The van der Waals surface area contributed by atoms with Crippen molar-refractivity contribution in [3.63, 3.8) is 0 Å². The summed E-state index contributed by atoms with van der Waals surface area (Å²) in [6.45, 7) is 4.63. The highest BCUT2D eigenvalue weighted by molar-refractivity contribution is 5.53. The molecule has 1 N–H and O–H groups in total. The van der Waals surface area contributed by atoms with Crippen LogP contribution in [0.1, 0.15) is 44.6 Å². The molecule has 3 rings (SSSR count). The molecule has 19 heavy (non-hydrogen) atoms. The first-order valence-electron chi connectivity index (χ1n) is 7.96. The molecule has 1 aliphatic carbocycles. The summed E-state index contributed by atoms with van der Waals surface area (Å²) >= 11 is 0. The minimum Gasteiger partial charge on any atom is -0.383 e. The van der Waals surface area contributed by atoms with Gasteiger partial charge in [-0.15, -0.1) is 0 Å². The van der Waals surface area contributed by atoms with E-state index in [4.69, 9.17) is 0 Å². The van der Waals surface area contributed by atoms with Crippen LogP contribution in [0.4, 0.5) is 5.69 Å². The molecule has 2 nitrogen and oxygen atoms in total. The second kappa shape index (κ2) is 5.96. The van der Waals surface area contributed by atoms with E-state index in [1.54, 1.807) is 0 Å². The summed E-state index contributed by atoms with van der Waals surface area (Å²) in [6, 6.07) is 10.3. The number of nitrogens with zero attached hydrogens (tertiary/aromatic N) is 1. The van der Waals surface area contributed by atoms with Gasteiger partial charge < -0.3 is 5.32 Å². The van der Waals surface area contributed by atoms with Crippen LogP contribution in [-0.2, 0) is 6.42 Å². The van der Waals surface area contributed by atoms with E-state index in [1.807, 2.05) is 0 Å². The molecule has 1 heterocycles. The fourth-order valence-corrected chi connectivity index (χ4v) is 3.89. The SMILES string of the molecule is CCN(C1CCCCC1)C1CNc2ccccc2C1. The van der Waals surface area contributed by atoms with E-state index in [0.717, 1.165) is 12.6 Å². The van der Waals surface area contributed by atoms with E-state index in [-0.39, 0.29) is 0 Å². The lowest BCUT2D eigenvalue weighted by Gasteiger charge is -2.41. The standard InChI is InChI=1S/C17H26N2/c1-2-19(15-9-4-3-5-10-15)16-12-14-8-6-7-11-17(14)18-13-16/h6-8,11,15-16,18H,2-5,9-10,12-13H2,1H3. The van der Waals surface area contributed by atoms with Crippen molar-refractivity contribution in [2.45, 2.75) is 57.5 Å². The molecule has 0 spiro atoms. The number of hydrogen-bond acceptors (Lipinski definition) is 2. The van der Waals surface area contributed by atoms with Gasteiger partial charge in [-0.3, -0.25) is 4.90 Å². The normalized spacial score (nSPS) is 24.0. The number of hydrogen-bond donors (Lipinski definition) is 1. The second-order valence-electron chi connectivity index (χ2n) is 6.02. The van der Waals surface area contributed by atoms with Gasteiger partial charge in [0.25, 0.3) is 0 Å². The van der Waals surface area contributed by atoms with Gasteiger partial charge in [0.05, 0.1) is 0 Å². The van der Waals surface area contributed by atoms with Crippen LogP contribution < -0.4 is 5.32 Å². The third-order valence-electron chi connectivity index (χ3n) is 4.88. The minimum atomic E-state index is 0.683. The van der Waals surface area contributed by atoms with Gasteiger partial charge in [-0.25, -0.2) is 0 Å². The molecule has 1 unspecified atom stereocenters. The quantitative estimate of drug-likeness (QED) is 0.889. The van der Waals surface area contributed by atoms with Crippen molar-refractivity contribution in [3.8, 4) is 0 Å². The first-order chi connectivity index (χ1) is 9.38. The van der Waals surface area contributed by atoms with Crippen LogP contribution in [-0.4, -0.2) is 30.1 Å². The highest BCUT2D eigenvalue weighted by atomic mass is 15.2. The number of rotatable bonds is 3. The van der Waals surface area contributed by atoms with Gasteiger partial charge in [-0.1, -0.05) is 44.4 Å². The molecule has 0 radical (unpaired) electrons. The first-order valence-corrected chi connectivity index (χ1v) is 7.96. The average Bonchev–Trinajstić information content (AvgIpc) is 2.49. The smallest absolute Gasteiger partial charge is 0.0373 e. The van der Waals surface area contributed by atoms with E-state index in [9.17, 15) is 0 Å². The Hall–Kier alpha value is -1.02. The predicted molar refractivity (Wildman–Crippen MR) is 81.7 cm³/mol. The maximum Gasteiger partial charge on any atom is 0.0373 e. The topological polar surface area (TPSA) is 15.3 Å². The summed E-state index contributed by atoms with van der Waals surface area (Å²) in [4.78, 5) is 2.77. The Morgan fingerprint density at radius 3 is 2.68 bits per heavy atom. The molecule has 1 aliphatic heterocycles. The molecule has 0 aromatic heterocycles. The minimum absolute atomic E-state index is 0.683. The van der Waals surface area contributed by atoms with Gasteiger partial charge in [-0.05, 0) is 37.4 Å².